The molecule has 2 N–H and O–H groups in total. The molecule has 0 aliphatic heterocycles. The van der Waals surface area contributed by atoms with Gasteiger partial charge in [-0.1, -0.05) is 17.7 Å². The molecule has 0 saturated heterocycles. The van der Waals surface area contributed by atoms with Gasteiger partial charge in [0.1, 0.15) is 12.4 Å². The summed E-state index contributed by atoms with van der Waals surface area (Å²) in [7, 11) is 1.90. The first-order valence-corrected chi connectivity index (χ1v) is 6.35. The van der Waals surface area contributed by atoms with Crippen LogP contribution in [0.25, 0.3) is 0 Å². The average Bonchev–Trinajstić information content (AvgIpc) is 2.39. The van der Waals surface area contributed by atoms with Gasteiger partial charge in [0.2, 0.25) is 0 Å². The van der Waals surface area contributed by atoms with Gasteiger partial charge >= 0.3 is 0 Å². The second kappa shape index (κ2) is 8.32. The third-order valence-electron chi connectivity index (χ3n) is 2.61. The van der Waals surface area contributed by atoms with Gasteiger partial charge in [-0.2, -0.15) is 0 Å². The number of rotatable bonds is 8. The van der Waals surface area contributed by atoms with E-state index in [9.17, 15) is 0 Å². The van der Waals surface area contributed by atoms with E-state index in [0.29, 0.717) is 30.6 Å². The van der Waals surface area contributed by atoms with Crippen LogP contribution in [0.1, 0.15) is 18.5 Å². The minimum absolute atomic E-state index is 0.0252. The summed E-state index contributed by atoms with van der Waals surface area (Å²) in [6, 6.07) is 5.99. The minimum atomic E-state index is 0.0252. The van der Waals surface area contributed by atoms with Crippen molar-refractivity contribution in [3.8, 4) is 5.75 Å². The Kier molecular flexibility index (Phi) is 7.05. The lowest BCUT2D eigenvalue weighted by atomic mass is 10.1. The molecule has 5 heteroatoms. The quantitative estimate of drug-likeness (QED) is 0.712. The zero-order valence-corrected chi connectivity index (χ0v) is 11.5. The molecule has 0 amide bonds. The summed E-state index contributed by atoms with van der Waals surface area (Å²) in [6.45, 7) is 3.27. The highest BCUT2D eigenvalue weighted by atomic mass is 35.5. The van der Waals surface area contributed by atoms with Crippen molar-refractivity contribution in [1.82, 2.24) is 5.32 Å². The van der Waals surface area contributed by atoms with Gasteiger partial charge in [-0.3, -0.25) is 0 Å². The number of hydrogen-bond donors (Lipinski definition) is 2. The predicted molar refractivity (Wildman–Crippen MR) is 72.3 cm³/mol. The third-order valence-corrected chi connectivity index (χ3v) is 2.91. The molecule has 0 heterocycles. The van der Waals surface area contributed by atoms with E-state index in [1.54, 1.807) is 0 Å². The SMILES string of the molecule is CNC(C)c1ccc(OCCOCCO)c(Cl)c1. The van der Waals surface area contributed by atoms with Gasteiger partial charge in [0.15, 0.2) is 0 Å². The second-order valence-corrected chi connectivity index (χ2v) is 4.29. The second-order valence-electron chi connectivity index (χ2n) is 3.88. The van der Waals surface area contributed by atoms with Crippen LogP contribution < -0.4 is 10.1 Å². The van der Waals surface area contributed by atoms with Crippen molar-refractivity contribution in [3.05, 3.63) is 28.8 Å². The van der Waals surface area contributed by atoms with Gasteiger partial charge in [-0.25, -0.2) is 0 Å². The van der Waals surface area contributed by atoms with Crippen LogP contribution in [0.4, 0.5) is 0 Å². The van der Waals surface area contributed by atoms with Crippen molar-refractivity contribution < 1.29 is 14.6 Å². The summed E-state index contributed by atoms with van der Waals surface area (Å²) in [4.78, 5) is 0. The maximum atomic E-state index is 8.54. The molecular formula is C13H20ClNO3. The molecule has 0 saturated carbocycles. The Morgan fingerprint density at radius 3 is 2.72 bits per heavy atom. The summed E-state index contributed by atoms with van der Waals surface area (Å²) in [5.41, 5.74) is 1.12. The number of hydrogen-bond acceptors (Lipinski definition) is 4. The first kappa shape index (κ1) is 15.2. The molecule has 0 fully saturated rings. The van der Waals surface area contributed by atoms with Gasteiger partial charge in [0, 0.05) is 6.04 Å². The molecule has 1 rings (SSSR count). The maximum Gasteiger partial charge on any atom is 0.138 e. The summed E-state index contributed by atoms with van der Waals surface area (Å²) in [5, 5.41) is 12.3. The van der Waals surface area contributed by atoms with Crippen molar-refractivity contribution >= 4 is 11.6 Å². The van der Waals surface area contributed by atoms with E-state index in [1.807, 2.05) is 25.2 Å². The van der Waals surface area contributed by atoms with Crippen molar-refractivity contribution in [3.63, 3.8) is 0 Å². The Morgan fingerprint density at radius 2 is 2.11 bits per heavy atom. The van der Waals surface area contributed by atoms with E-state index >= 15 is 0 Å². The van der Waals surface area contributed by atoms with Crippen LogP contribution in [-0.2, 0) is 4.74 Å². The Labute approximate surface area is 113 Å². The third kappa shape index (κ3) is 4.82. The van der Waals surface area contributed by atoms with Gasteiger partial charge in [0.25, 0.3) is 0 Å². The standard InChI is InChI=1S/C13H20ClNO3/c1-10(15-2)11-3-4-13(12(14)9-11)18-8-7-17-6-5-16/h3-4,9-10,15-16H,5-8H2,1-2H3. The first-order valence-electron chi connectivity index (χ1n) is 5.97. The molecule has 1 aromatic rings. The normalized spacial score (nSPS) is 12.4. The van der Waals surface area contributed by atoms with Crippen molar-refractivity contribution in [2.45, 2.75) is 13.0 Å². The number of aliphatic hydroxyl groups is 1. The lowest BCUT2D eigenvalue weighted by molar-refractivity contribution is 0.0705. The highest BCUT2D eigenvalue weighted by Crippen LogP contribution is 2.27. The minimum Gasteiger partial charge on any atom is -0.490 e. The van der Waals surface area contributed by atoms with Crippen LogP contribution in [0.5, 0.6) is 5.75 Å². The van der Waals surface area contributed by atoms with Crippen molar-refractivity contribution in [2.24, 2.45) is 0 Å². The van der Waals surface area contributed by atoms with E-state index in [0.717, 1.165) is 5.56 Å². The molecule has 0 aliphatic rings. The summed E-state index contributed by atoms with van der Waals surface area (Å²) in [6.07, 6.45) is 0. The van der Waals surface area contributed by atoms with Crippen LogP contribution >= 0.6 is 11.6 Å². The van der Waals surface area contributed by atoms with E-state index in [-0.39, 0.29) is 12.6 Å². The Balaban J connectivity index is 2.47. The molecule has 1 aromatic carbocycles. The number of ether oxygens (including phenoxy) is 2. The van der Waals surface area contributed by atoms with E-state index < -0.39 is 0 Å². The summed E-state index contributed by atoms with van der Waals surface area (Å²) < 4.78 is 10.6. The smallest absolute Gasteiger partial charge is 0.138 e. The fourth-order valence-electron chi connectivity index (χ4n) is 1.45. The lowest BCUT2D eigenvalue weighted by Gasteiger charge is -2.13. The van der Waals surface area contributed by atoms with Crippen LogP contribution in [0.3, 0.4) is 0 Å². The molecule has 18 heavy (non-hydrogen) atoms. The average molecular weight is 274 g/mol. The van der Waals surface area contributed by atoms with E-state index in [4.69, 9.17) is 26.2 Å². The molecule has 102 valence electrons. The number of nitrogens with one attached hydrogen (secondary N) is 1. The molecule has 0 radical (unpaired) electrons. The van der Waals surface area contributed by atoms with Crippen LogP contribution in [-0.4, -0.2) is 38.6 Å². The van der Waals surface area contributed by atoms with Crippen molar-refractivity contribution in [2.75, 3.05) is 33.5 Å². The van der Waals surface area contributed by atoms with Gasteiger partial charge in [-0.05, 0) is 31.7 Å². The van der Waals surface area contributed by atoms with Crippen LogP contribution in [0.2, 0.25) is 5.02 Å². The van der Waals surface area contributed by atoms with Crippen molar-refractivity contribution in [1.29, 1.82) is 0 Å². The van der Waals surface area contributed by atoms with Gasteiger partial charge in [-0.15, -0.1) is 0 Å². The molecule has 0 spiro atoms. The van der Waals surface area contributed by atoms with E-state index in [2.05, 4.69) is 12.2 Å². The number of aliphatic hydroxyl groups excluding tert-OH is 1. The lowest BCUT2D eigenvalue weighted by Crippen LogP contribution is -2.12. The maximum absolute atomic E-state index is 8.54. The summed E-state index contributed by atoms with van der Waals surface area (Å²) >= 11 is 6.14. The summed E-state index contributed by atoms with van der Waals surface area (Å²) in [5.74, 6) is 0.649. The molecule has 0 aliphatic carbocycles. The monoisotopic (exact) mass is 273 g/mol. The number of halogens is 1. The topological polar surface area (TPSA) is 50.7 Å². The molecule has 0 bridgehead atoms. The fraction of sp³-hybridized carbons (Fsp3) is 0.538. The Hall–Kier alpha value is -0.810. The molecule has 1 unspecified atom stereocenters. The Bertz CT molecular complexity index is 360. The van der Waals surface area contributed by atoms with Gasteiger partial charge in [0.05, 0.1) is 24.8 Å². The Morgan fingerprint density at radius 1 is 1.33 bits per heavy atom. The largest absolute Gasteiger partial charge is 0.490 e. The highest BCUT2D eigenvalue weighted by molar-refractivity contribution is 6.32. The first-order chi connectivity index (χ1) is 8.69. The highest BCUT2D eigenvalue weighted by Gasteiger charge is 2.07. The van der Waals surface area contributed by atoms with Gasteiger partial charge < -0.3 is 19.9 Å². The molecule has 1 atom stereocenters. The molecule has 0 aromatic heterocycles. The fourth-order valence-corrected chi connectivity index (χ4v) is 1.69. The zero-order chi connectivity index (χ0) is 13.4. The molecule has 4 nitrogen and oxygen atoms in total. The predicted octanol–water partition coefficient (Wildman–Crippen LogP) is 2.01. The molecular weight excluding hydrogens is 254 g/mol. The van der Waals surface area contributed by atoms with Crippen LogP contribution in [0, 0.1) is 0 Å². The van der Waals surface area contributed by atoms with Crippen LogP contribution in [0.15, 0.2) is 18.2 Å². The number of benzene rings is 1. The zero-order valence-electron chi connectivity index (χ0n) is 10.8. The van der Waals surface area contributed by atoms with E-state index in [1.165, 1.54) is 0 Å².